The summed E-state index contributed by atoms with van der Waals surface area (Å²) in [5, 5.41) is 2.03. The fourth-order valence-electron chi connectivity index (χ4n) is 5.05. The zero-order chi connectivity index (χ0) is 24.5. The third-order valence-electron chi connectivity index (χ3n) is 6.74. The van der Waals surface area contributed by atoms with Crippen LogP contribution in [-0.2, 0) is 4.84 Å². The number of aryl methyl sites for hydroxylation is 1. The van der Waals surface area contributed by atoms with Gasteiger partial charge in [-0.1, -0.05) is 91.0 Å². The van der Waals surface area contributed by atoms with Gasteiger partial charge in [-0.3, -0.25) is 4.84 Å². The van der Waals surface area contributed by atoms with Gasteiger partial charge in [0.25, 0.3) is 0 Å². The van der Waals surface area contributed by atoms with Gasteiger partial charge < -0.3 is 9.15 Å². The molecule has 0 spiro atoms. The minimum Gasteiger partial charge on any atom is -0.497 e. The standard InChI is InChI=1S/C32H27NO3/c1-22-28-29(31(35-22)24-12-6-3-7-13-24)30(23-18-20-27(34-2)21-19-23)33(26-16-10-5-11-17-26)36-32(28)25-14-8-4-9-15-25/h3-21,30,32H,1-2H3/t30-,32+/m0/s1. The molecule has 6 rings (SSSR count). The van der Waals surface area contributed by atoms with E-state index in [0.29, 0.717) is 0 Å². The van der Waals surface area contributed by atoms with E-state index >= 15 is 0 Å². The number of methoxy groups -OCH3 is 1. The molecule has 4 heteroatoms. The van der Waals surface area contributed by atoms with Crippen LogP contribution >= 0.6 is 0 Å². The molecule has 178 valence electrons. The van der Waals surface area contributed by atoms with Crippen LogP contribution in [0.5, 0.6) is 5.75 Å². The van der Waals surface area contributed by atoms with Crippen molar-refractivity contribution in [2.45, 2.75) is 19.1 Å². The Hall–Kier alpha value is -4.28. The first-order chi connectivity index (χ1) is 17.7. The lowest BCUT2D eigenvalue weighted by atomic mass is 9.86. The first kappa shape index (κ1) is 22.2. The van der Waals surface area contributed by atoms with Gasteiger partial charge in [0.1, 0.15) is 29.4 Å². The number of benzene rings is 4. The third-order valence-corrected chi connectivity index (χ3v) is 6.74. The Morgan fingerprint density at radius 1 is 0.667 bits per heavy atom. The van der Waals surface area contributed by atoms with E-state index < -0.39 is 0 Å². The maximum atomic E-state index is 6.88. The van der Waals surface area contributed by atoms with Crippen molar-refractivity contribution < 1.29 is 14.0 Å². The number of rotatable bonds is 5. The van der Waals surface area contributed by atoms with E-state index in [1.165, 1.54) is 0 Å². The number of para-hydroxylation sites is 1. The molecular formula is C32H27NO3. The second-order valence-corrected chi connectivity index (χ2v) is 8.91. The highest BCUT2D eigenvalue weighted by atomic mass is 16.7. The zero-order valence-electron chi connectivity index (χ0n) is 20.3. The van der Waals surface area contributed by atoms with Crippen molar-refractivity contribution in [3.05, 3.63) is 143 Å². The average Bonchev–Trinajstić information content (AvgIpc) is 3.31. The largest absolute Gasteiger partial charge is 0.497 e. The second kappa shape index (κ2) is 9.40. The van der Waals surface area contributed by atoms with Gasteiger partial charge in [-0.2, -0.15) is 0 Å². The minimum absolute atomic E-state index is 0.221. The van der Waals surface area contributed by atoms with Crippen LogP contribution in [0.15, 0.2) is 120 Å². The van der Waals surface area contributed by atoms with E-state index in [0.717, 1.165) is 50.8 Å². The lowest BCUT2D eigenvalue weighted by Gasteiger charge is -2.41. The average molecular weight is 474 g/mol. The van der Waals surface area contributed by atoms with Gasteiger partial charge in [0.15, 0.2) is 0 Å². The fourth-order valence-corrected chi connectivity index (χ4v) is 5.05. The number of hydroxylamine groups is 1. The van der Waals surface area contributed by atoms with Gasteiger partial charge in [-0.05, 0) is 42.3 Å². The van der Waals surface area contributed by atoms with Gasteiger partial charge in [0, 0.05) is 16.7 Å². The van der Waals surface area contributed by atoms with Crippen LogP contribution in [0.25, 0.3) is 11.3 Å². The third kappa shape index (κ3) is 3.86. The first-order valence-corrected chi connectivity index (χ1v) is 12.1. The maximum absolute atomic E-state index is 6.88. The Labute approximate surface area is 211 Å². The molecule has 0 amide bonds. The molecule has 36 heavy (non-hydrogen) atoms. The SMILES string of the molecule is COc1ccc([C@H]2c3c(-c4ccccc4)oc(C)c3[C@@H](c3ccccc3)ON2c2ccccc2)cc1. The van der Waals surface area contributed by atoms with E-state index in [1.807, 2.05) is 78.7 Å². The summed E-state index contributed by atoms with van der Waals surface area (Å²) in [7, 11) is 1.69. The van der Waals surface area contributed by atoms with Crippen LogP contribution in [0.2, 0.25) is 0 Å². The van der Waals surface area contributed by atoms with Gasteiger partial charge >= 0.3 is 0 Å². The highest BCUT2D eigenvalue weighted by molar-refractivity contribution is 5.70. The van der Waals surface area contributed by atoms with Crippen LogP contribution in [-0.4, -0.2) is 7.11 Å². The highest BCUT2D eigenvalue weighted by Gasteiger charge is 2.42. The monoisotopic (exact) mass is 473 g/mol. The van der Waals surface area contributed by atoms with Crippen molar-refractivity contribution in [3.63, 3.8) is 0 Å². The van der Waals surface area contributed by atoms with Crippen LogP contribution in [0.1, 0.15) is 40.2 Å². The van der Waals surface area contributed by atoms with Crippen LogP contribution < -0.4 is 9.80 Å². The van der Waals surface area contributed by atoms with Gasteiger partial charge in [0.05, 0.1) is 12.8 Å². The molecular weight excluding hydrogens is 446 g/mol. The van der Waals surface area contributed by atoms with Crippen LogP contribution in [0, 0.1) is 6.92 Å². The van der Waals surface area contributed by atoms with Crippen LogP contribution in [0.4, 0.5) is 5.69 Å². The van der Waals surface area contributed by atoms with Crippen molar-refractivity contribution in [1.82, 2.24) is 0 Å². The first-order valence-electron chi connectivity index (χ1n) is 12.1. The molecule has 0 aliphatic carbocycles. The summed E-state index contributed by atoms with van der Waals surface area (Å²) in [6.45, 7) is 2.04. The summed E-state index contributed by atoms with van der Waals surface area (Å²) >= 11 is 0. The molecule has 0 unspecified atom stereocenters. The van der Waals surface area contributed by atoms with Gasteiger partial charge in [0.2, 0.25) is 0 Å². The predicted molar refractivity (Wildman–Crippen MR) is 142 cm³/mol. The Bertz CT molecular complexity index is 1440. The second-order valence-electron chi connectivity index (χ2n) is 8.91. The highest BCUT2D eigenvalue weighted by Crippen LogP contribution is 2.51. The Kier molecular flexibility index (Phi) is 5.80. The van der Waals surface area contributed by atoms with Crippen molar-refractivity contribution >= 4 is 5.69 Å². The summed E-state index contributed by atoms with van der Waals surface area (Å²) in [6, 6.07) is 38.9. The van der Waals surface area contributed by atoms with Crippen molar-refractivity contribution in [3.8, 4) is 17.1 Å². The quantitative estimate of drug-likeness (QED) is 0.260. The summed E-state index contributed by atoms with van der Waals surface area (Å²) in [4.78, 5) is 6.88. The molecule has 5 aromatic rings. The normalized spacial score (nSPS) is 17.0. The molecule has 0 N–H and O–H groups in total. The van der Waals surface area contributed by atoms with Crippen molar-refractivity contribution in [1.29, 1.82) is 0 Å². The van der Waals surface area contributed by atoms with Crippen LogP contribution in [0.3, 0.4) is 0 Å². The fraction of sp³-hybridized carbons (Fsp3) is 0.125. The summed E-state index contributed by atoms with van der Waals surface area (Å²) in [5.41, 5.74) is 6.38. The molecule has 4 nitrogen and oxygen atoms in total. The smallest absolute Gasteiger partial charge is 0.140 e. The summed E-state index contributed by atoms with van der Waals surface area (Å²) < 4.78 is 12.0. The molecule has 2 heterocycles. The Balaban J connectivity index is 1.64. The lowest BCUT2D eigenvalue weighted by molar-refractivity contribution is 0.0307. The topological polar surface area (TPSA) is 34.8 Å². The number of hydrogen-bond acceptors (Lipinski definition) is 4. The molecule has 1 aliphatic heterocycles. The number of hydrogen-bond donors (Lipinski definition) is 0. The minimum atomic E-state index is -0.308. The maximum Gasteiger partial charge on any atom is 0.140 e. The molecule has 2 atom stereocenters. The molecule has 4 aromatic carbocycles. The van der Waals surface area contributed by atoms with E-state index in [4.69, 9.17) is 14.0 Å². The van der Waals surface area contributed by atoms with Gasteiger partial charge in [-0.25, -0.2) is 5.06 Å². The number of anilines is 1. The zero-order valence-corrected chi connectivity index (χ0v) is 20.3. The number of fused-ring (bicyclic) bond motifs is 1. The lowest BCUT2D eigenvalue weighted by Crippen LogP contribution is -2.37. The number of furan rings is 1. The molecule has 0 bridgehead atoms. The van der Waals surface area contributed by atoms with E-state index in [1.54, 1.807) is 7.11 Å². The predicted octanol–water partition coefficient (Wildman–Crippen LogP) is 7.89. The Morgan fingerprint density at radius 3 is 1.92 bits per heavy atom. The molecule has 0 radical (unpaired) electrons. The Morgan fingerprint density at radius 2 is 1.28 bits per heavy atom. The summed E-state index contributed by atoms with van der Waals surface area (Å²) in [6.07, 6.45) is -0.308. The van der Waals surface area contributed by atoms with Crippen molar-refractivity contribution in [2.75, 3.05) is 12.2 Å². The number of ether oxygens (including phenoxy) is 1. The molecule has 0 fully saturated rings. The molecule has 0 saturated heterocycles. The van der Waals surface area contributed by atoms with E-state index in [2.05, 4.69) is 48.5 Å². The van der Waals surface area contributed by atoms with Gasteiger partial charge in [-0.15, -0.1) is 0 Å². The molecule has 1 aliphatic rings. The molecule has 0 saturated carbocycles. The summed E-state index contributed by atoms with van der Waals surface area (Å²) in [5.74, 6) is 2.55. The van der Waals surface area contributed by atoms with E-state index in [-0.39, 0.29) is 12.1 Å². The molecule has 1 aromatic heterocycles. The number of nitrogens with zero attached hydrogens (tertiary/aromatic N) is 1. The van der Waals surface area contributed by atoms with E-state index in [9.17, 15) is 0 Å². The van der Waals surface area contributed by atoms with Crippen molar-refractivity contribution in [2.24, 2.45) is 0 Å².